The average molecular weight is 229 g/mol. The highest BCUT2D eigenvalue weighted by atomic mass is 14.9. The van der Waals surface area contributed by atoms with Gasteiger partial charge in [0, 0.05) is 6.04 Å². The van der Waals surface area contributed by atoms with E-state index in [9.17, 15) is 0 Å². The van der Waals surface area contributed by atoms with Crippen molar-refractivity contribution < 1.29 is 0 Å². The van der Waals surface area contributed by atoms with Crippen LogP contribution in [-0.4, -0.2) is 12.6 Å². The number of fused-ring (bicyclic) bond motifs is 1. The summed E-state index contributed by atoms with van der Waals surface area (Å²) in [5.41, 5.74) is 3.23. The molecule has 0 radical (unpaired) electrons. The molecule has 0 bridgehead atoms. The van der Waals surface area contributed by atoms with Crippen molar-refractivity contribution in [3.63, 3.8) is 0 Å². The minimum absolute atomic E-state index is 0.750. The summed E-state index contributed by atoms with van der Waals surface area (Å²) in [7, 11) is 0. The van der Waals surface area contributed by atoms with Gasteiger partial charge in [0.2, 0.25) is 0 Å². The largest absolute Gasteiger partial charge is 0.314 e. The highest BCUT2D eigenvalue weighted by molar-refractivity contribution is 5.35. The molecule has 1 nitrogen and oxygen atoms in total. The van der Waals surface area contributed by atoms with Gasteiger partial charge in [0.1, 0.15) is 0 Å². The second-order valence-electron chi connectivity index (χ2n) is 5.76. The van der Waals surface area contributed by atoms with Crippen molar-refractivity contribution in [1.82, 2.24) is 5.32 Å². The van der Waals surface area contributed by atoms with Gasteiger partial charge >= 0.3 is 0 Å². The Kier molecular flexibility index (Phi) is 3.19. The molecular formula is C16H23N. The molecule has 3 atom stereocenters. The summed E-state index contributed by atoms with van der Waals surface area (Å²) in [6.45, 7) is 3.68. The van der Waals surface area contributed by atoms with Crippen molar-refractivity contribution in [3.05, 3.63) is 35.4 Å². The lowest BCUT2D eigenvalue weighted by Gasteiger charge is -2.33. The van der Waals surface area contributed by atoms with E-state index in [1.54, 1.807) is 11.1 Å². The van der Waals surface area contributed by atoms with Crippen LogP contribution in [0.3, 0.4) is 0 Å². The van der Waals surface area contributed by atoms with Crippen LogP contribution in [0.25, 0.3) is 0 Å². The first-order chi connectivity index (χ1) is 8.36. The third-order valence-corrected chi connectivity index (χ3v) is 4.80. The minimum Gasteiger partial charge on any atom is -0.314 e. The average Bonchev–Trinajstić information content (AvgIpc) is 2.83. The molecule has 1 N–H and O–H groups in total. The standard InChI is InChI=1S/C16H23N/c1-12(16-8-4-5-11-17-16)14-10-9-13-6-2-3-7-15(13)14/h2-3,6-7,12,14,16-17H,4-5,8-11H2,1H3. The lowest BCUT2D eigenvalue weighted by Crippen LogP contribution is -2.40. The van der Waals surface area contributed by atoms with Crippen LogP contribution in [0.4, 0.5) is 0 Å². The minimum atomic E-state index is 0.750. The summed E-state index contributed by atoms with van der Waals surface area (Å²) in [5, 5.41) is 3.73. The lowest BCUT2D eigenvalue weighted by atomic mass is 9.80. The quantitative estimate of drug-likeness (QED) is 0.818. The van der Waals surface area contributed by atoms with Crippen LogP contribution in [0, 0.1) is 5.92 Å². The van der Waals surface area contributed by atoms with Crippen LogP contribution in [-0.2, 0) is 6.42 Å². The van der Waals surface area contributed by atoms with Gasteiger partial charge in [-0.3, -0.25) is 0 Å². The Morgan fingerprint density at radius 3 is 2.88 bits per heavy atom. The summed E-state index contributed by atoms with van der Waals surface area (Å²) < 4.78 is 0. The maximum Gasteiger partial charge on any atom is 0.00985 e. The van der Waals surface area contributed by atoms with E-state index in [0.29, 0.717) is 0 Å². The van der Waals surface area contributed by atoms with Crippen molar-refractivity contribution >= 4 is 0 Å². The van der Waals surface area contributed by atoms with Crippen molar-refractivity contribution in [2.75, 3.05) is 6.54 Å². The number of piperidine rings is 1. The number of aryl methyl sites for hydroxylation is 1. The molecule has 17 heavy (non-hydrogen) atoms. The smallest absolute Gasteiger partial charge is 0.00985 e. The third-order valence-electron chi connectivity index (χ3n) is 4.80. The molecule has 0 saturated carbocycles. The van der Waals surface area contributed by atoms with E-state index in [-0.39, 0.29) is 0 Å². The second-order valence-corrected chi connectivity index (χ2v) is 5.76. The van der Waals surface area contributed by atoms with Gasteiger partial charge in [0.25, 0.3) is 0 Å². The Balaban J connectivity index is 1.76. The molecule has 0 aromatic heterocycles. The van der Waals surface area contributed by atoms with Gasteiger partial charge in [-0.15, -0.1) is 0 Å². The van der Waals surface area contributed by atoms with Crippen molar-refractivity contribution in [1.29, 1.82) is 0 Å². The van der Waals surface area contributed by atoms with Gasteiger partial charge in [-0.25, -0.2) is 0 Å². The van der Waals surface area contributed by atoms with Crippen molar-refractivity contribution in [2.45, 2.75) is 51.0 Å². The monoisotopic (exact) mass is 229 g/mol. The maximum absolute atomic E-state index is 3.73. The molecule has 1 saturated heterocycles. The number of benzene rings is 1. The molecule has 92 valence electrons. The molecule has 1 fully saturated rings. The van der Waals surface area contributed by atoms with Gasteiger partial charge < -0.3 is 5.32 Å². The molecule has 2 aliphatic rings. The molecule has 1 heterocycles. The number of nitrogens with one attached hydrogen (secondary N) is 1. The molecule has 1 heteroatoms. The number of rotatable bonds is 2. The molecule has 3 unspecified atom stereocenters. The molecular weight excluding hydrogens is 206 g/mol. The predicted molar refractivity (Wildman–Crippen MR) is 72.3 cm³/mol. The summed E-state index contributed by atoms with van der Waals surface area (Å²) in [6.07, 6.45) is 6.80. The maximum atomic E-state index is 3.73. The van der Waals surface area contributed by atoms with E-state index in [1.807, 2.05) is 0 Å². The Labute approximate surface area is 105 Å². The highest BCUT2D eigenvalue weighted by Gasteiger charge is 2.31. The molecule has 1 aromatic carbocycles. The molecule has 1 aromatic rings. The number of hydrogen-bond acceptors (Lipinski definition) is 1. The Morgan fingerprint density at radius 2 is 2.06 bits per heavy atom. The van der Waals surface area contributed by atoms with Crippen LogP contribution in [0.5, 0.6) is 0 Å². The van der Waals surface area contributed by atoms with E-state index in [0.717, 1.165) is 17.9 Å². The zero-order valence-corrected chi connectivity index (χ0v) is 10.8. The van der Waals surface area contributed by atoms with Gasteiger partial charge in [-0.05, 0) is 55.2 Å². The van der Waals surface area contributed by atoms with Crippen LogP contribution in [0.15, 0.2) is 24.3 Å². The van der Waals surface area contributed by atoms with Crippen LogP contribution < -0.4 is 5.32 Å². The first kappa shape index (κ1) is 11.3. The normalized spacial score (nSPS) is 29.9. The van der Waals surface area contributed by atoms with Gasteiger partial charge in [-0.2, -0.15) is 0 Å². The van der Waals surface area contributed by atoms with E-state index < -0.39 is 0 Å². The van der Waals surface area contributed by atoms with Crippen LogP contribution in [0.2, 0.25) is 0 Å². The van der Waals surface area contributed by atoms with Gasteiger partial charge in [-0.1, -0.05) is 37.6 Å². The topological polar surface area (TPSA) is 12.0 Å². The zero-order valence-electron chi connectivity index (χ0n) is 10.8. The van der Waals surface area contributed by atoms with E-state index in [1.165, 1.54) is 38.6 Å². The Bertz CT molecular complexity index is 379. The fourth-order valence-electron chi connectivity index (χ4n) is 3.74. The third kappa shape index (κ3) is 2.13. The Morgan fingerprint density at radius 1 is 1.18 bits per heavy atom. The summed E-state index contributed by atoms with van der Waals surface area (Å²) in [6, 6.07) is 9.81. The zero-order chi connectivity index (χ0) is 11.7. The number of hydrogen-bond donors (Lipinski definition) is 1. The Hall–Kier alpha value is -0.820. The van der Waals surface area contributed by atoms with Crippen molar-refractivity contribution in [3.8, 4) is 0 Å². The van der Waals surface area contributed by atoms with E-state index in [4.69, 9.17) is 0 Å². The van der Waals surface area contributed by atoms with Crippen LogP contribution >= 0.6 is 0 Å². The van der Waals surface area contributed by atoms with E-state index in [2.05, 4.69) is 36.5 Å². The van der Waals surface area contributed by atoms with Gasteiger partial charge in [0.15, 0.2) is 0 Å². The molecule has 0 spiro atoms. The predicted octanol–water partition coefficient (Wildman–Crippen LogP) is 3.49. The summed E-state index contributed by atoms with van der Waals surface area (Å²) >= 11 is 0. The SMILES string of the molecule is CC(C1CCCCN1)C1CCc2ccccc21. The molecule has 1 aliphatic carbocycles. The van der Waals surface area contributed by atoms with Crippen molar-refractivity contribution in [2.24, 2.45) is 5.92 Å². The summed E-state index contributed by atoms with van der Waals surface area (Å²) in [5.74, 6) is 1.58. The fraction of sp³-hybridized carbons (Fsp3) is 0.625. The second kappa shape index (κ2) is 4.81. The first-order valence-corrected chi connectivity index (χ1v) is 7.17. The molecule has 0 amide bonds. The summed E-state index contributed by atoms with van der Waals surface area (Å²) in [4.78, 5) is 0. The lowest BCUT2D eigenvalue weighted by molar-refractivity contribution is 0.274. The van der Waals surface area contributed by atoms with Crippen LogP contribution in [0.1, 0.15) is 49.7 Å². The molecule has 1 aliphatic heterocycles. The molecule has 3 rings (SSSR count). The highest BCUT2D eigenvalue weighted by Crippen LogP contribution is 2.40. The fourth-order valence-corrected chi connectivity index (χ4v) is 3.74. The van der Waals surface area contributed by atoms with Gasteiger partial charge in [0.05, 0.1) is 0 Å². The van der Waals surface area contributed by atoms with E-state index >= 15 is 0 Å². The first-order valence-electron chi connectivity index (χ1n) is 7.17.